The number of fused-ring (bicyclic) bond motifs is 1. The highest BCUT2D eigenvalue weighted by molar-refractivity contribution is 6.30. The molecule has 0 bridgehead atoms. The van der Waals surface area contributed by atoms with E-state index in [2.05, 4.69) is 21.2 Å². The van der Waals surface area contributed by atoms with Gasteiger partial charge in [0.2, 0.25) is 0 Å². The smallest absolute Gasteiger partial charge is 0.276 e. The van der Waals surface area contributed by atoms with Crippen LogP contribution in [0.1, 0.15) is 0 Å². The molecule has 128 valence electrons. The Balaban J connectivity index is 1.45. The molecule has 1 heterocycles. The van der Waals surface area contributed by atoms with E-state index in [1.54, 1.807) is 36.4 Å². The number of aromatic nitrogens is 3. The van der Waals surface area contributed by atoms with Crippen LogP contribution in [0, 0.1) is 0 Å². The Labute approximate surface area is 147 Å². The molecular weight excluding hydrogens is 346 g/mol. The first-order valence-corrected chi connectivity index (χ1v) is 7.74. The lowest BCUT2D eigenvalue weighted by molar-refractivity contribution is -0.130. The molecule has 0 saturated carbocycles. The summed E-state index contributed by atoms with van der Waals surface area (Å²) < 4.78 is 6.71. The molecule has 0 unspecified atom stereocenters. The van der Waals surface area contributed by atoms with Gasteiger partial charge in [-0.2, -0.15) is 0 Å². The van der Waals surface area contributed by atoms with E-state index in [1.807, 2.05) is 12.1 Å². The van der Waals surface area contributed by atoms with Crippen molar-refractivity contribution in [3.05, 3.63) is 53.6 Å². The third-order valence-corrected chi connectivity index (χ3v) is 3.49. The third kappa shape index (κ3) is 4.45. The van der Waals surface area contributed by atoms with Gasteiger partial charge in [-0.25, -0.2) is 4.68 Å². The van der Waals surface area contributed by atoms with Crippen molar-refractivity contribution in [1.82, 2.24) is 25.8 Å². The maximum absolute atomic E-state index is 11.9. The summed E-state index contributed by atoms with van der Waals surface area (Å²) in [6.07, 6.45) is 0. The molecule has 1 aromatic heterocycles. The molecule has 0 atom stereocenters. The highest BCUT2D eigenvalue weighted by Crippen LogP contribution is 2.15. The van der Waals surface area contributed by atoms with Gasteiger partial charge in [0.1, 0.15) is 17.8 Å². The Bertz CT molecular complexity index is 894. The summed E-state index contributed by atoms with van der Waals surface area (Å²) >= 11 is 5.76. The van der Waals surface area contributed by atoms with E-state index in [4.69, 9.17) is 16.3 Å². The lowest BCUT2D eigenvalue weighted by Gasteiger charge is -2.09. The summed E-state index contributed by atoms with van der Waals surface area (Å²) in [7, 11) is 0. The topological polar surface area (TPSA) is 98.1 Å². The zero-order valence-electron chi connectivity index (χ0n) is 13.0. The number of ether oxygens (including phenoxy) is 1. The molecule has 0 saturated heterocycles. The fourth-order valence-corrected chi connectivity index (χ4v) is 2.19. The van der Waals surface area contributed by atoms with E-state index in [1.165, 1.54) is 4.68 Å². The largest absolute Gasteiger partial charge is 0.484 e. The van der Waals surface area contributed by atoms with Crippen molar-refractivity contribution >= 4 is 34.4 Å². The predicted molar refractivity (Wildman–Crippen MR) is 90.8 cm³/mol. The Morgan fingerprint density at radius 1 is 1.04 bits per heavy atom. The molecule has 0 aliphatic heterocycles. The van der Waals surface area contributed by atoms with Gasteiger partial charge in [-0.1, -0.05) is 28.9 Å². The first-order chi connectivity index (χ1) is 12.1. The molecule has 2 N–H and O–H groups in total. The SMILES string of the molecule is O=C(COc1ccc(Cl)cc1)NNC(=O)Cn1nnc2ccccc21. The van der Waals surface area contributed by atoms with Crippen molar-refractivity contribution in [3.8, 4) is 5.75 Å². The number of carbonyl (C=O) groups is 2. The molecule has 0 radical (unpaired) electrons. The van der Waals surface area contributed by atoms with Crippen molar-refractivity contribution in [2.75, 3.05) is 6.61 Å². The highest BCUT2D eigenvalue weighted by Gasteiger charge is 2.10. The Morgan fingerprint density at radius 2 is 1.76 bits per heavy atom. The van der Waals surface area contributed by atoms with Gasteiger partial charge in [-0.3, -0.25) is 20.4 Å². The minimum absolute atomic E-state index is 0.0706. The number of carbonyl (C=O) groups excluding carboxylic acids is 2. The predicted octanol–water partition coefficient (Wildman–Crippen LogP) is 1.31. The van der Waals surface area contributed by atoms with E-state index in [-0.39, 0.29) is 13.2 Å². The molecule has 0 aliphatic carbocycles. The Kier molecular flexibility index (Phi) is 5.10. The van der Waals surface area contributed by atoms with E-state index in [9.17, 15) is 9.59 Å². The number of hydrazine groups is 1. The highest BCUT2D eigenvalue weighted by atomic mass is 35.5. The van der Waals surface area contributed by atoms with Crippen molar-refractivity contribution < 1.29 is 14.3 Å². The summed E-state index contributed by atoms with van der Waals surface area (Å²) in [4.78, 5) is 23.6. The molecule has 9 heteroatoms. The maximum atomic E-state index is 11.9. The van der Waals surface area contributed by atoms with Crippen molar-refractivity contribution in [1.29, 1.82) is 0 Å². The van der Waals surface area contributed by atoms with Crippen LogP contribution in [0.25, 0.3) is 11.0 Å². The van der Waals surface area contributed by atoms with Crippen LogP contribution < -0.4 is 15.6 Å². The average Bonchev–Trinajstić information content (AvgIpc) is 3.02. The molecule has 3 rings (SSSR count). The maximum Gasteiger partial charge on any atom is 0.276 e. The summed E-state index contributed by atoms with van der Waals surface area (Å²) in [6.45, 7) is -0.312. The van der Waals surface area contributed by atoms with Crippen LogP contribution in [0.4, 0.5) is 0 Å². The number of hydrogen-bond acceptors (Lipinski definition) is 5. The van der Waals surface area contributed by atoms with Crippen LogP contribution in [0.15, 0.2) is 48.5 Å². The first kappa shape index (κ1) is 16.7. The molecule has 8 nitrogen and oxygen atoms in total. The van der Waals surface area contributed by atoms with Gasteiger partial charge in [0.25, 0.3) is 11.8 Å². The molecule has 0 fully saturated rings. The Morgan fingerprint density at radius 3 is 2.56 bits per heavy atom. The van der Waals surface area contributed by atoms with Crippen molar-refractivity contribution in [2.24, 2.45) is 0 Å². The Hall–Kier alpha value is -3.13. The second-order valence-electron chi connectivity index (χ2n) is 5.07. The molecule has 25 heavy (non-hydrogen) atoms. The van der Waals surface area contributed by atoms with E-state index in [0.29, 0.717) is 16.3 Å². The van der Waals surface area contributed by atoms with Crippen molar-refractivity contribution in [2.45, 2.75) is 6.54 Å². The zero-order chi connectivity index (χ0) is 17.6. The molecule has 0 aliphatic rings. The lowest BCUT2D eigenvalue weighted by atomic mass is 10.3. The molecule has 0 spiro atoms. The minimum atomic E-state index is -0.494. The van der Waals surface area contributed by atoms with E-state index >= 15 is 0 Å². The molecule has 2 aromatic carbocycles. The minimum Gasteiger partial charge on any atom is -0.484 e. The van der Waals surface area contributed by atoms with Gasteiger partial charge in [0.05, 0.1) is 5.52 Å². The van der Waals surface area contributed by atoms with Crippen molar-refractivity contribution in [3.63, 3.8) is 0 Å². The molecule has 3 aromatic rings. The van der Waals surface area contributed by atoms with Crippen LogP contribution in [0.5, 0.6) is 5.75 Å². The standard InChI is InChI=1S/C16H14ClN5O3/c17-11-5-7-12(8-6-11)25-10-16(24)20-19-15(23)9-22-14-4-2-1-3-13(14)18-21-22/h1-8H,9-10H2,(H,19,23)(H,20,24). The van der Waals surface area contributed by atoms with Gasteiger partial charge in [0, 0.05) is 5.02 Å². The number of halogens is 1. The number of para-hydroxylation sites is 1. The van der Waals surface area contributed by atoms with Gasteiger partial charge < -0.3 is 4.74 Å². The quantitative estimate of drug-likeness (QED) is 0.669. The average molecular weight is 360 g/mol. The number of nitrogens with zero attached hydrogens (tertiary/aromatic N) is 3. The molecular formula is C16H14ClN5O3. The monoisotopic (exact) mass is 359 g/mol. The van der Waals surface area contributed by atoms with Gasteiger partial charge in [-0.15, -0.1) is 5.10 Å². The first-order valence-electron chi connectivity index (χ1n) is 7.36. The van der Waals surface area contributed by atoms with Crippen LogP contribution >= 0.6 is 11.6 Å². The van der Waals surface area contributed by atoms with Crippen LogP contribution in [-0.4, -0.2) is 33.4 Å². The third-order valence-electron chi connectivity index (χ3n) is 3.24. The second kappa shape index (κ2) is 7.63. The van der Waals surface area contributed by atoms with Gasteiger partial charge in [0.15, 0.2) is 6.61 Å². The van der Waals surface area contributed by atoms with Crippen LogP contribution in [0.2, 0.25) is 5.02 Å². The molecule has 2 amide bonds. The van der Waals surface area contributed by atoms with Crippen LogP contribution in [-0.2, 0) is 16.1 Å². The number of nitrogens with one attached hydrogen (secondary N) is 2. The van der Waals surface area contributed by atoms with Gasteiger partial charge >= 0.3 is 0 Å². The number of hydrogen-bond donors (Lipinski definition) is 2. The number of rotatable bonds is 5. The van der Waals surface area contributed by atoms with Crippen LogP contribution in [0.3, 0.4) is 0 Å². The summed E-state index contributed by atoms with van der Waals surface area (Å²) in [6, 6.07) is 13.9. The van der Waals surface area contributed by atoms with E-state index < -0.39 is 11.8 Å². The fraction of sp³-hybridized carbons (Fsp3) is 0.125. The van der Waals surface area contributed by atoms with E-state index in [0.717, 1.165) is 5.52 Å². The summed E-state index contributed by atoms with van der Waals surface area (Å²) in [5.74, 6) is -0.429. The summed E-state index contributed by atoms with van der Waals surface area (Å²) in [5, 5.41) is 8.43. The zero-order valence-corrected chi connectivity index (χ0v) is 13.7. The number of amides is 2. The second-order valence-corrected chi connectivity index (χ2v) is 5.51. The normalized spacial score (nSPS) is 10.4. The lowest BCUT2D eigenvalue weighted by Crippen LogP contribution is -2.45. The summed E-state index contributed by atoms with van der Waals surface area (Å²) in [5.41, 5.74) is 6.00. The number of benzene rings is 2. The van der Waals surface area contributed by atoms with Gasteiger partial charge in [-0.05, 0) is 36.4 Å². The fourth-order valence-electron chi connectivity index (χ4n) is 2.06.